The number of carbonyl (C=O) groups excluding carboxylic acids is 1. The van der Waals surface area contributed by atoms with Gasteiger partial charge in [-0.2, -0.15) is 0 Å². The topological polar surface area (TPSA) is 41.1 Å². The monoisotopic (exact) mass is 236 g/mol. The molecule has 0 fully saturated rings. The summed E-state index contributed by atoms with van der Waals surface area (Å²) >= 11 is 0. The van der Waals surface area contributed by atoms with Crippen LogP contribution in [0, 0.1) is 5.41 Å². The van der Waals surface area contributed by atoms with E-state index in [1.165, 1.54) is 5.57 Å². The van der Waals surface area contributed by atoms with Crippen molar-refractivity contribution in [1.82, 2.24) is 10.6 Å². The summed E-state index contributed by atoms with van der Waals surface area (Å²) in [5, 5.41) is 5.90. The summed E-state index contributed by atoms with van der Waals surface area (Å²) < 4.78 is 0. The number of hydrogen-bond donors (Lipinski definition) is 2. The lowest BCUT2D eigenvalue weighted by molar-refractivity contribution is -0.120. The van der Waals surface area contributed by atoms with E-state index < -0.39 is 0 Å². The van der Waals surface area contributed by atoms with E-state index in [1.54, 1.807) is 0 Å². The van der Waals surface area contributed by atoms with E-state index >= 15 is 0 Å². The van der Waals surface area contributed by atoms with E-state index in [0.717, 1.165) is 12.1 Å². The largest absolute Gasteiger partial charge is 0.394 e. The van der Waals surface area contributed by atoms with E-state index in [9.17, 15) is 4.79 Å². The Morgan fingerprint density at radius 3 is 2.88 bits per heavy atom. The molecule has 0 saturated heterocycles. The Morgan fingerprint density at radius 2 is 2.29 bits per heavy atom. The van der Waals surface area contributed by atoms with Gasteiger partial charge in [-0.1, -0.05) is 26.8 Å². The summed E-state index contributed by atoms with van der Waals surface area (Å²) in [6.07, 6.45) is 9.56. The molecule has 3 nitrogen and oxygen atoms in total. The zero-order valence-electron chi connectivity index (χ0n) is 11.1. The normalized spacial score (nSPS) is 18.6. The number of amides is 1. The highest BCUT2D eigenvalue weighted by molar-refractivity contribution is 5.78. The Balaban J connectivity index is 0.00000289. The Labute approximate surface area is 105 Å². The van der Waals surface area contributed by atoms with Gasteiger partial charge in [0.1, 0.15) is 0 Å². The minimum absolute atomic E-state index is 0. The lowest BCUT2D eigenvalue weighted by Gasteiger charge is -2.29. The zero-order valence-corrected chi connectivity index (χ0v) is 11.1. The highest BCUT2D eigenvalue weighted by Crippen LogP contribution is 2.35. The van der Waals surface area contributed by atoms with Crippen molar-refractivity contribution in [2.45, 2.75) is 33.6 Å². The standard InChI is InChI=1S/C14H22N2O.H2/c1-5-13(17)16-12-6-8-14(2,3)11(10-12)7-9-15-4;/h6-7,9-10,15H,5,8H2,1-4H3,(H,16,17);1H/b9-7-;. The third-order valence-corrected chi connectivity index (χ3v) is 2.96. The molecule has 0 spiro atoms. The van der Waals surface area contributed by atoms with Crippen LogP contribution in [0.3, 0.4) is 0 Å². The molecule has 0 aromatic rings. The average Bonchev–Trinajstić information content (AvgIpc) is 2.29. The average molecular weight is 236 g/mol. The smallest absolute Gasteiger partial charge is 0.224 e. The second-order valence-corrected chi connectivity index (χ2v) is 4.87. The van der Waals surface area contributed by atoms with Crippen LogP contribution in [0.1, 0.15) is 35.0 Å². The molecule has 17 heavy (non-hydrogen) atoms. The molecular weight excluding hydrogens is 212 g/mol. The van der Waals surface area contributed by atoms with E-state index in [2.05, 4.69) is 36.6 Å². The van der Waals surface area contributed by atoms with Crippen molar-refractivity contribution in [2.24, 2.45) is 5.41 Å². The molecule has 96 valence electrons. The predicted octanol–water partition coefficient (Wildman–Crippen LogP) is 2.73. The highest BCUT2D eigenvalue weighted by atomic mass is 16.1. The Hall–Kier alpha value is -1.51. The van der Waals surface area contributed by atoms with E-state index in [4.69, 9.17) is 0 Å². The molecule has 0 aromatic carbocycles. The maximum atomic E-state index is 11.4. The Bertz CT molecular complexity index is 381. The molecule has 0 atom stereocenters. The lowest BCUT2D eigenvalue weighted by atomic mass is 9.77. The molecule has 0 heterocycles. The summed E-state index contributed by atoms with van der Waals surface area (Å²) in [6.45, 7) is 6.26. The van der Waals surface area contributed by atoms with E-state index in [1.807, 2.05) is 26.2 Å². The van der Waals surface area contributed by atoms with Crippen LogP contribution in [0.4, 0.5) is 0 Å². The third kappa shape index (κ3) is 3.77. The Morgan fingerprint density at radius 1 is 1.59 bits per heavy atom. The molecule has 2 N–H and O–H groups in total. The van der Waals surface area contributed by atoms with Gasteiger partial charge >= 0.3 is 0 Å². The summed E-state index contributed by atoms with van der Waals surface area (Å²) in [7, 11) is 1.88. The maximum absolute atomic E-state index is 11.4. The molecule has 3 heteroatoms. The first-order valence-corrected chi connectivity index (χ1v) is 6.05. The van der Waals surface area contributed by atoms with Gasteiger partial charge in [0.05, 0.1) is 0 Å². The second-order valence-electron chi connectivity index (χ2n) is 4.87. The molecule has 0 aliphatic heterocycles. The van der Waals surface area contributed by atoms with Crippen molar-refractivity contribution >= 4 is 5.91 Å². The molecule has 1 aliphatic carbocycles. The first-order valence-electron chi connectivity index (χ1n) is 6.05. The van der Waals surface area contributed by atoms with Gasteiger partial charge < -0.3 is 10.6 Å². The van der Waals surface area contributed by atoms with Crippen molar-refractivity contribution in [2.75, 3.05) is 7.05 Å². The number of allylic oxidation sites excluding steroid dienone is 4. The van der Waals surface area contributed by atoms with Crippen molar-refractivity contribution in [1.29, 1.82) is 0 Å². The molecule has 0 radical (unpaired) electrons. The predicted molar refractivity (Wildman–Crippen MR) is 73.3 cm³/mol. The van der Waals surface area contributed by atoms with Gasteiger partial charge in [-0.05, 0) is 35.8 Å². The van der Waals surface area contributed by atoms with Gasteiger partial charge in [0.25, 0.3) is 0 Å². The minimum Gasteiger partial charge on any atom is -0.394 e. The van der Waals surface area contributed by atoms with Crippen LogP contribution in [-0.2, 0) is 4.79 Å². The first-order chi connectivity index (χ1) is 7.99. The molecule has 0 aromatic heterocycles. The number of nitrogens with one attached hydrogen (secondary N) is 2. The second kappa shape index (κ2) is 5.71. The van der Waals surface area contributed by atoms with Gasteiger partial charge in [0.15, 0.2) is 0 Å². The number of rotatable bonds is 4. The van der Waals surface area contributed by atoms with Crippen LogP contribution in [0.15, 0.2) is 35.7 Å². The van der Waals surface area contributed by atoms with Crippen LogP contribution in [0.5, 0.6) is 0 Å². The SMILES string of the molecule is CCC(=O)NC1=CCC(C)(C)C(/C=C\NC)=C1.[HH]. The fraction of sp³-hybridized carbons (Fsp3) is 0.500. The van der Waals surface area contributed by atoms with Gasteiger partial charge in [-0.15, -0.1) is 0 Å². The van der Waals surface area contributed by atoms with E-state index in [-0.39, 0.29) is 12.7 Å². The summed E-state index contributed by atoms with van der Waals surface area (Å²) in [6, 6.07) is 0. The van der Waals surface area contributed by atoms with Crippen LogP contribution in [0.25, 0.3) is 0 Å². The fourth-order valence-electron chi connectivity index (χ4n) is 1.69. The van der Waals surface area contributed by atoms with Gasteiger partial charge in [-0.25, -0.2) is 0 Å². The molecule has 1 aliphatic rings. The summed E-state index contributed by atoms with van der Waals surface area (Å²) in [4.78, 5) is 11.4. The lowest BCUT2D eigenvalue weighted by Crippen LogP contribution is -2.25. The van der Waals surface area contributed by atoms with Crippen molar-refractivity contribution in [3.05, 3.63) is 35.7 Å². The van der Waals surface area contributed by atoms with Crippen molar-refractivity contribution in [3.8, 4) is 0 Å². The van der Waals surface area contributed by atoms with Gasteiger partial charge in [-0.3, -0.25) is 4.79 Å². The molecule has 1 amide bonds. The molecule has 0 unspecified atom stereocenters. The van der Waals surface area contributed by atoms with Gasteiger partial charge in [0.2, 0.25) is 5.91 Å². The van der Waals surface area contributed by atoms with Crippen LogP contribution < -0.4 is 10.6 Å². The molecule has 0 bridgehead atoms. The van der Waals surface area contributed by atoms with Crippen molar-refractivity contribution < 1.29 is 6.22 Å². The molecular formula is C14H24N2O. The van der Waals surface area contributed by atoms with E-state index in [0.29, 0.717) is 6.42 Å². The van der Waals surface area contributed by atoms with Crippen molar-refractivity contribution in [3.63, 3.8) is 0 Å². The third-order valence-electron chi connectivity index (χ3n) is 2.96. The first kappa shape index (κ1) is 13.6. The quantitative estimate of drug-likeness (QED) is 0.788. The minimum atomic E-state index is 0. The van der Waals surface area contributed by atoms with Gasteiger partial charge in [0, 0.05) is 20.6 Å². The zero-order chi connectivity index (χ0) is 12.9. The van der Waals surface area contributed by atoms with Crippen LogP contribution >= 0.6 is 0 Å². The summed E-state index contributed by atoms with van der Waals surface area (Å²) in [5.41, 5.74) is 2.25. The highest BCUT2D eigenvalue weighted by Gasteiger charge is 2.24. The maximum Gasteiger partial charge on any atom is 0.224 e. The molecule has 1 rings (SSSR count). The van der Waals surface area contributed by atoms with Crippen LogP contribution in [0.2, 0.25) is 0 Å². The Kier molecular flexibility index (Phi) is 4.55. The fourth-order valence-corrected chi connectivity index (χ4v) is 1.69. The summed E-state index contributed by atoms with van der Waals surface area (Å²) in [5.74, 6) is 0.0594. The molecule has 0 saturated carbocycles. The number of hydrogen-bond acceptors (Lipinski definition) is 2. The number of carbonyl (C=O) groups is 1. The van der Waals surface area contributed by atoms with Crippen LogP contribution in [-0.4, -0.2) is 13.0 Å².